The molecule has 1 aromatic heterocycles. The zero-order chi connectivity index (χ0) is 13.7. The number of nitrogens with two attached hydrogens (primary N) is 1. The van der Waals surface area contributed by atoms with E-state index in [4.69, 9.17) is 19.9 Å². The van der Waals surface area contributed by atoms with Gasteiger partial charge in [-0.25, -0.2) is 0 Å². The first-order valence-corrected chi connectivity index (χ1v) is 5.69. The van der Waals surface area contributed by atoms with Crippen molar-refractivity contribution in [1.82, 2.24) is 10.2 Å². The topological polar surface area (TPSA) is 79.5 Å². The first-order valence-electron chi connectivity index (χ1n) is 5.69. The van der Waals surface area contributed by atoms with Crippen LogP contribution >= 0.6 is 0 Å². The summed E-state index contributed by atoms with van der Waals surface area (Å²) in [5.74, 6) is 1.89. The number of para-hydroxylation sites is 1. The van der Waals surface area contributed by atoms with Gasteiger partial charge in [-0.3, -0.25) is 0 Å². The smallest absolute Gasteiger partial charge is 0.243 e. The van der Waals surface area contributed by atoms with Crippen LogP contribution in [0.5, 0.6) is 23.1 Å². The quantitative estimate of drug-likeness (QED) is 0.883. The van der Waals surface area contributed by atoms with Gasteiger partial charge in [0.1, 0.15) is 0 Å². The molecule has 0 bridgehead atoms. The Morgan fingerprint density at radius 1 is 1.11 bits per heavy atom. The lowest BCUT2D eigenvalue weighted by Crippen LogP contribution is -2.03. The Kier molecular flexibility index (Phi) is 4.15. The molecule has 0 aliphatic rings. The van der Waals surface area contributed by atoms with E-state index in [-0.39, 0.29) is 0 Å². The molecule has 0 saturated heterocycles. The van der Waals surface area contributed by atoms with Crippen molar-refractivity contribution in [2.75, 3.05) is 14.2 Å². The molecule has 0 aliphatic carbocycles. The first-order chi connectivity index (χ1) is 9.30. The van der Waals surface area contributed by atoms with E-state index in [0.29, 0.717) is 29.7 Å². The summed E-state index contributed by atoms with van der Waals surface area (Å²) < 4.78 is 16.2. The van der Waals surface area contributed by atoms with E-state index in [1.54, 1.807) is 38.6 Å². The van der Waals surface area contributed by atoms with Gasteiger partial charge in [0.25, 0.3) is 0 Å². The highest BCUT2D eigenvalue weighted by molar-refractivity contribution is 5.52. The molecule has 6 heteroatoms. The van der Waals surface area contributed by atoms with Crippen LogP contribution in [0, 0.1) is 0 Å². The molecule has 0 fully saturated rings. The normalized spacial score (nSPS) is 10.1. The fourth-order valence-electron chi connectivity index (χ4n) is 1.60. The summed E-state index contributed by atoms with van der Waals surface area (Å²) in [4.78, 5) is 0. The second-order valence-electron chi connectivity index (χ2n) is 3.66. The van der Waals surface area contributed by atoms with Crippen LogP contribution in [0.25, 0.3) is 0 Å². The lowest BCUT2D eigenvalue weighted by molar-refractivity contribution is 0.339. The maximum absolute atomic E-state index is 5.74. The number of aromatic nitrogens is 2. The van der Waals surface area contributed by atoms with Crippen LogP contribution in [0.2, 0.25) is 0 Å². The summed E-state index contributed by atoms with van der Waals surface area (Å²) >= 11 is 0. The van der Waals surface area contributed by atoms with Crippen LogP contribution < -0.4 is 19.9 Å². The molecule has 2 N–H and O–H groups in total. The zero-order valence-electron chi connectivity index (χ0n) is 10.8. The van der Waals surface area contributed by atoms with Crippen molar-refractivity contribution in [3.8, 4) is 23.1 Å². The van der Waals surface area contributed by atoms with Crippen LogP contribution in [-0.2, 0) is 6.54 Å². The number of hydrogen-bond acceptors (Lipinski definition) is 6. The minimum absolute atomic E-state index is 0.308. The number of nitrogens with zero attached hydrogens (tertiary/aromatic N) is 2. The van der Waals surface area contributed by atoms with E-state index in [9.17, 15) is 0 Å². The molecular weight excluding hydrogens is 246 g/mol. The number of methoxy groups -OCH3 is 2. The summed E-state index contributed by atoms with van der Waals surface area (Å²) in [6.07, 6.45) is 1.56. The minimum atomic E-state index is 0.308. The number of rotatable bonds is 5. The van der Waals surface area contributed by atoms with Crippen molar-refractivity contribution in [3.05, 3.63) is 36.0 Å². The Hall–Kier alpha value is -2.34. The number of hydrogen-bond donors (Lipinski definition) is 1. The van der Waals surface area contributed by atoms with Crippen LogP contribution in [0.1, 0.15) is 5.56 Å². The molecule has 19 heavy (non-hydrogen) atoms. The molecule has 1 heterocycles. The maximum Gasteiger partial charge on any atom is 0.243 e. The van der Waals surface area contributed by atoms with Crippen molar-refractivity contribution in [3.63, 3.8) is 0 Å². The fraction of sp³-hybridized carbons (Fsp3) is 0.231. The summed E-state index contributed by atoms with van der Waals surface area (Å²) in [7, 11) is 3.12. The first kappa shape index (κ1) is 13.1. The third-order valence-electron chi connectivity index (χ3n) is 2.57. The van der Waals surface area contributed by atoms with E-state index in [0.717, 1.165) is 5.56 Å². The summed E-state index contributed by atoms with van der Waals surface area (Å²) in [5.41, 5.74) is 6.39. The van der Waals surface area contributed by atoms with Gasteiger partial charge >= 0.3 is 0 Å². The fourth-order valence-corrected chi connectivity index (χ4v) is 1.60. The highest BCUT2D eigenvalue weighted by Gasteiger charge is 2.15. The molecule has 0 aliphatic heterocycles. The minimum Gasteiger partial charge on any atom is -0.493 e. The summed E-state index contributed by atoms with van der Waals surface area (Å²) in [6, 6.07) is 7.11. The Morgan fingerprint density at radius 3 is 2.37 bits per heavy atom. The summed E-state index contributed by atoms with van der Waals surface area (Å²) in [6.45, 7) is 0.308. The summed E-state index contributed by atoms with van der Waals surface area (Å²) in [5, 5.41) is 7.72. The van der Waals surface area contributed by atoms with E-state index >= 15 is 0 Å². The van der Waals surface area contributed by atoms with E-state index in [1.165, 1.54) is 0 Å². The largest absolute Gasteiger partial charge is 0.493 e. The Morgan fingerprint density at radius 2 is 1.79 bits per heavy atom. The van der Waals surface area contributed by atoms with Gasteiger partial charge in [0.2, 0.25) is 11.6 Å². The van der Waals surface area contributed by atoms with E-state index in [2.05, 4.69) is 10.2 Å². The van der Waals surface area contributed by atoms with Gasteiger partial charge in [0.05, 0.1) is 20.4 Å². The van der Waals surface area contributed by atoms with Crippen molar-refractivity contribution in [2.24, 2.45) is 5.73 Å². The Bertz CT molecular complexity index is 538. The molecule has 0 atom stereocenters. The molecule has 100 valence electrons. The van der Waals surface area contributed by atoms with Gasteiger partial charge in [-0.2, -0.15) is 5.10 Å². The van der Waals surface area contributed by atoms with Crippen LogP contribution in [0.3, 0.4) is 0 Å². The molecule has 0 radical (unpaired) electrons. The monoisotopic (exact) mass is 261 g/mol. The van der Waals surface area contributed by atoms with Gasteiger partial charge < -0.3 is 19.9 Å². The molecule has 0 amide bonds. The highest BCUT2D eigenvalue weighted by atomic mass is 16.5. The van der Waals surface area contributed by atoms with Gasteiger partial charge in [0, 0.05) is 12.1 Å². The second kappa shape index (κ2) is 6.01. The number of benzene rings is 1. The van der Waals surface area contributed by atoms with Crippen molar-refractivity contribution < 1.29 is 14.2 Å². The maximum atomic E-state index is 5.74. The molecule has 2 rings (SSSR count). The van der Waals surface area contributed by atoms with E-state index < -0.39 is 0 Å². The second-order valence-corrected chi connectivity index (χ2v) is 3.66. The van der Waals surface area contributed by atoms with Crippen LogP contribution in [0.15, 0.2) is 30.5 Å². The molecule has 6 nitrogen and oxygen atoms in total. The average Bonchev–Trinajstić information content (AvgIpc) is 2.48. The van der Waals surface area contributed by atoms with Gasteiger partial charge in [-0.15, -0.1) is 5.10 Å². The molecular formula is C13H15N3O3. The molecule has 0 unspecified atom stereocenters. The van der Waals surface area contributed by atoms with E-state index in [1.807, 2.05) is 6.07 Å². The third kappa shape index (κ3) is 2.74. The van der Waals surface area contributed by atoms with Crippen molar-refractivity contribution in [2.45, 2.75) is 6.54 Å². The Labute approximate surface area is 111 Å². The average molecular weight is 261 g/mol. The molecule has 2 aromatic rings. The van der Waals surface area contributed by atoms with Gasteiger partial charge in [-0.1, -0.05) is 6.07 Å². The standard InChI is InChI=1S/C13H15N3O3/c1-17-10-4-3-5-11(18-2)12(10)19-13-9(8-14)6-7-15-16-13/h3-7H,8,14H2,1-2H3. The molecule has 0 spiro atoms. The SMILES string of the molecule is COc1cccc(OC)c1Oc1nnccc1CN. The van der Waals surface area contributed by atoms with Gasteiger partial charge in [-0.05, 0) is 18.2 Å². The lowest BCUT2D eigenvalue weighted by atomic mass is 10.2. The predicted molar refractivity (Wildman–Crippen MR) is 69.5 cm³/mol. The van der Waals surface area contributed by atoms with Crippen molar-refractivity contribution >= 4 is 0 Å². The highest BCUT2D eigenvalue weighted by Crippen LogP contribution is 2.39. The molecule has 1 aromatic carbocycles. The van der Waals surface area contributed by atoms with Crippen molar-refractivity contribution in [1.29, 1.82) is 0 Å². The molecule has 0 saturated carbocycles. The van der Waals surface area contributed by atoms with Crippen LogP contribution in [0.4, 0.5) is 0 Å². The number of ether oxygens (including phenoxy) is 3. The Balaban J connectivity index is 2.42. The van der Waals surface area contributed by atoms with Gasteiger partial charge in [0.15, 0.2) is 11.5 Å². The third-order valence-corrected chi connectivity index (χ3v) is 2.57. The predicted octanol–water partition coefficient (Wildman–Crippen LogP) is 1.74. The van der Waals surface area contributed by atoms with Crippen LogP contribution in [-0.4, -0.2) is 24.4 Å². The lowest BCUT2D eigenvalue weighted by Gasteiger charge is -2.14. The zero-order valence-corrected chi connectivity index (χ0v) is 10.8.